The minimum atomic E-state index is -0.161. The molecule has 0 radical (unpaired) electrons. The fourth-order valence-electron chi connectivity index (χ4n) is 0.961. The minimum Gasteiger partial charge on any atom is -0.469 e. The first-order valence-electron chi connectivity index (χ1n) is 3.89. The highest BCUT2D eigenvalue weighted by molar-refractivity contribution is 5.69. The molecule has 3 nitrogen and oxygen atoms in total. The highest BCUT2D eigenvalue weighted by Crippen LogP contribution is 1.94. The van der Waals surface area contributed by atoms with Crippen LogP contribution in [0.25, 0.3) is 0 Å². The van der Waals surface area contributed by atoms with Crippen LogP contribution < -0.4 is 5.32 Å². The van der Waals surface area contributed by atoms with Crippen molar-refractivity contribution in [2.24, 2.45) is 0 Å². The molecule has 3 heteroatoms. The summed E-state index contributed by atoms with van der Waals surface area (Å²) in [6.45, 7) is 6.07. The van der Waals surface area contributed by atoms with Crippen molar-refractivity contribution >= 4 is 5.97 Å². The lowest BCUT2D eigenvalue weighted by atomic mass is 10.2. The first-order chi connectivity index (χ1) is 5.06. The van der Waals surface area contributed by atoms with E-state index in [1.165, 1.54) is 7.11 Å². The van der Waals surface area contributed by atoms with Gasteiger partial charge in [0.05, 0.1) is 13.5 Å². The molecule has 0 saturated carbocycles. The molecule has 0 aliphatic heterocycles. The average Bonchev–Trinajstić information content (AvgIpc) is 1.85. The number of carbonyl (C=O) groups excluding carboxylic acids is 1. The Morgan fingerprint density at radius 2 is 2.00 bits per heavy atom. The van der Waals surface area contributed by atoms with E-state index in [9.17, 15) is 4.79 Å². The van der Waals surface area contributed by atoms with Gasteiger partial charge in [-0.2, -0.15) is 0 Å². The fourth-order valence-corrected chi connectivity index (χ4v) is 0.961. The SMILES string of the molecule is COC(=O)C[C@@H](C)NC(C)C. The molecule has 66 valence electrons. The molecule has 0 unspecified atom stereocenters. The van der Waals surface area contributed by atoms with Gasteiger partial charge < -0.3 is 10.1 Å². The van der Waals surface area contributed by atoms with Crippen LogP contribution in [0.5, 0.6) is 0 Å². The van der Waals surface area contributed by atoms with Gasteiger partial charge in [-0.1, -0.05) is 13.8 Å². The molecule has 1 atom stereocenters. The average molecular weight is 159 g/mol. The maximum atomic E-state index is 10.7. The van der Waals surface area contributed by atoms with Gasteiger partial charge in [-0.25, -0.2) is 0 Å². The molecule has 0 rings (SSSR count). The Kier molecular flexibility index (Phi) is 4.86. The molecule has 0 saturated heterocycles. The molecule has 1 N–H and O–H groups in total. The lowest BCUT2D eigenvalue weighted by Gasteiger charge is -2.14. The van der Waals surface area contributed by atoms with Crippen molar-refractivity contribution in [2.45, 2.75) is 39.3 Å². The van der Waals surface area contributed by atoms with Gasteiger partial charge in [0.1, 0.15) is 0 Å². The smallest absolute Gasteiger partial charge is 0.307 e. The van der Waals surface area contributed by atoms with Crippen LogP contribution in [0.3, 0.4) is 0 Å². The van der Waals surface area contributed by atoms with Gasteiger partial charge in [0, 0.05) is 12.1 Å². The van der Waals surface area contributed by atoms with Gasteiger partial charge in [-0.05, 0) is 6.92 Å². The maximum Gasteiger partial charge on any atom is 0.307 e. The summed E-state index contributed by atoms with van der Waals surface area (Å²) >= 11 is 0. The Labute approximate surface area is 68.1 Å². The first-order valence-corrected chi connectivity index (χ1v) is 3.89. The summed E-state index contributed by atoms with van der Waals surface area (Å²) < 4.78 is 4.52. The van der Waals surface area contributed by atoms with Crippen LogP contribution in [0.2, 0.25) is 0 Å². The second kappa shape index (κ2) is 5.13. The summed E-state index contributed by atoms with van der Waals surface area (Å²) in [5, 5.41) is 3.21. The van der Waals surface area contributed by atoms with E-state index in [1.807, 2.05) is 20.8 Å². The van der Waals surface area contributed by atoms with E-state index in [4.69, 9.17) is 0 Å². The molecular formula is C8H17NO2. The molecule has 0 aromatic heterocycles. The highest BCUT2D eigenvalue weighted by atomic mass is 16.5. The quantitative estimate of drug-likeness (QED) is 0.620. The predicted octanol–water partition coefficient (Wildman–Crippen LogP) is 0.936. The first kappa shape index (κ1) is 10.4. The van der Waals surface area contributed by atoms with E-state index in [0.717, 1.165) is 0 Å². The van der Waals surface area contributed by atoms with Crippen molar-refractivity contribution in [1.29, 1.82) is 0 Å². The van der Waals surface area contributed by atoms with E-state index < -0.39 is 0 Å². The number of ether oxygens (including phenoxy) is 1. The third kappa shape index (κ3) is 5.85. The number of esters is 1. The number of rotatable bonds is 4. The summed E-state index contributed by atoms with van der Waals surface area (Å²) in [5.41, 5.74) is 0. The summed E-state index contributed by atoms with van der Waals surface area (Å²) in [5.74, 6) is -0.161. The number of carbonyl (C=O) groups is 1. The van der Waals surface area contributed by atoms with Crippen LogP contribution in [0.15, 0.2) is 0 Å². The zero-order valence-corrected chi connectivity index (χ0v) is 7.68. The van der Waals surface area contributed by atoms with Gasteiger partial charge in [0.2, 0.25) is 0 Å². The van der Waals surface area contributed by atoms with Crippen LogP contribution in [0.1, 0.15) is 27.2 Å². The Morgan fingerprint density at radius 3 is 2.36 bits per heavy atom. The minimum absolute atomic E-state index is 0.161. The molecule has 0 aliphatic rings. The van der Waals surface area contributed by atoms with Gasteiger partial charge in [-0.3, -0.25) is 4.79 Å². The lowest BCUT2D eigenvalue weighted by Crippen LogP contribution is -2.34. The van der Waals surface area contributed by atoms with Gasteiger partial charge in [-0.15, -0.1) is 0 Å². The van der Waals surface area contributed by atoms with Crippen molar-refractivity contribution in [3.8, 4) is 0 Å². The summed E-state index contributed by atoms with van der Waals surface area (Å²) in [4.78, 5) is 10.7. The van der Waals surface area contributed by atoms with Crippen LogP contribution in [-0.2, 0) is 9.53 Å². The second-order valence-corrected chi connectivity index (χ2v) is 3.00. The fraction of sp³-hybridized carbons (Fsp3) is 0.875. The summed E-state index contributed by atoms with van der Waals surface area (Å²) in [6, 6.07) is 0.608. The van der Waals surface area contributed by atoms with Crippen molar-refractivity contribution in [1.82, 2.24) is 5.32 Å². The topological polar surface area (TPSA) is 38.3 Å². The number of methoxy groups -OCH3 is 1. The predicted molar refractivity (Wildman–Crippen MR) is 44.4 cm³/mol. The largest absolute Gasteiger partial charge is 0.469 e. The number of hydrogen-bond acceptors (Lipinski definition) is 3. The number of nitrogens with one attached hydrogen (secondary N) is 1. The Bertz CT molecular complexity index is 123. The molecule has 0 spiro atoms. The van der Waals surface area contributed by atoms with Crippen LogP contribution in [0, 0.1) is 0 Å². The molecular weight excluding hydrogens is 142 g/mol. The summed E-state index contributed by atoms with van der Waals surface area (Å²) in [6.07, 6.45) is 0.439. The lowest BCUT2D eigenvalue weighted by molar-refractivity contribution is -0.141. The van der Waals surface area contributed by atoms with E-state index >= 15 is 0 Å². The van der Waals surface area contributed by atoms with E-state index in [2.05, 4.69) is 10.1 Å². The summed E-state index contributed by atoms with van der Waals surface area (Å²) in [7, 11) is 1.41. The Morgan fingerprint density at radius 1 is 1.45 bits per heavy atom. The standard InChI is InChI=1S/C8H17NO2/c1-6(2)9-7(3)5-8(10)11-4/h6-7,9H,5H2,1-4H3/t7-/m1/s1. The molecule has 0 aromatic rings. The monoisotopic (exact) mass is 159 g/mol. The molecule has 11 heavy (non-hydrogen) atoms. The molecule has 0 amide bonds. The van der Waals surface area contributed by atoms with E-state index in [-0.39, 0.29) is 12.0 Å². The normalized spacial score (nSPS) is 13.2. The van der Waals surface area contributed by atoms with Crippen molar-refractivity contribution < 1.29 is 9.53 Å². The molecule has 0 aromatic carbocycles. The maximum absolute atomic E-state index is 10.7. The molecule has 0 bridgehead atoms. The van der Waals surface area contributed by atoms with Crippen LogP contribution >= 0.6 is 0 Å². The third-order valence-corrected chi connectivity index (χ3v) is 1.32. The van der Waals surface area contributed by atoms with Gasteiger partial charge >= 0.3 is 5.97 Å². The van der Waals surface area contributed by atoms with Crippen LogP contribution in [0.4, 0.5) is 0 Å². The van der Waals surface area contributed by atoms with Crippen LogP contribution in [-0.4, -0.2) is 25.2 Å². The van der Waals surface area contributed by atoms with Crippen molar-refractivity contribution in [2.75, 3.05) is 7.11 Å². The van der Waals surface area contributed by atoms with E-state index in [1.54, 1.807) is 0 Å². The Hall–Kier alpha value is -0.570. The number of hydrogen-bond donors (Lipinski definition) is 1. The zero-order chi connectivity index (χ0) is 8.85. The van der Waals surface area contributed by atoms with Gasteiger partial charge in [0.25, 0.3) is 0 Å². The Balaban J connectivity index is 3.51. The molecule has 0 fully saturated rings. The highest BCUT2D eigenvalue weighted by Gasteiger charge is 2.08. The molecule has 0 heterocycles. The second-order valence-electron chi connectivity index (χ2n) is 3.00. The van der Waals surface area contributed by atoms with Gasteiger partial charge in [0.15, 0.2) is 0 Å². The van der Waals surface area contributed by atoms with E-state index in [0.29, 0.717) is 12.5 Å². The van der Waals surface area contributed by atoms with Crippen molar-refractivity contribution in [3.63, 3.8) is 0 Å². The zero-order valence-electron chi connectivity index (χ0n) is 7.68. The third-order valence-electron chi connectivity index (χ3n) is 1.32. The molecule has 0 aliphatic carbocycles. The van der Waals surface area contributed by atoms with Crippen molar-refractivity contribution in [3.05, 3.63) is 0 Å².